The van der Waals surface area contributed by atoms with Crippen molar-refractivity contribution >= 4 is 34.8 Å². The van der Waals surface area contributed by atoms with Crippen molar-refractivity contribution in [2.75, 3.05) is 38.2 Å². The number of nitrogens with one attached hydrogen (secondary N) is 2. The van der Waals surface area contributed by atoms with Crippen molar-refractivity contribution < 1.29 is 14.3 Å². The molecule has 2 aromatic rings. The van der Waals surface area contributed by atoms with Crippen LogP contribution in [0.3, 0.4) is 0 Å². The molecule has 0 aromatic heterocycles. The van der Waals surface area contributed by atoms with Crippen molar-refractivity contribution in [2.45, 2.75) is 0 Å². The van der Waals surface area contributed by atoms with Gasteiger partial charge in [0.15, 0.2) is 5.75 Å². The van der Waals surface area contributed by atoms with E-state index in [4.69, 9.17) is 26.1 Å². The summed E-state index contributed by atoms with van der Waals surface area (Å²) in [6.45, 7) is 6.66. The number of urea groups is 1. The molecule has 0 bridgehead atoms. The van der Waals surface area contributed by atoms with Crippen molar-refractivity contribution in [3.63, 3.8) is 0 Å². The molecule has 2 heterocycles. The number of fused-ring (bicyclic) bond motifs is 2. The molecule has 1 saturated heterocycles. The highest BCUT2D eigenvalue weighted by molar-refractivity contribution is 6.31. The molecule has 0 radical (unpaired) electrons. The molecule has 2 aromatic carbocycles. The maximum absolute atomic E-state index is 12.0. The number of morpholine rings is 1. The van der Waals surface area contributed by atoms with E-state index < -0.39 is 0 Å². The molecule has 0 spiro atoms. The predicted molar refractivity (Wildman–Crippen MR) is 114 cm³/mol. The zero-order valence-electron chi connectivity index (χ0n) is 15.8. The number of benzene rings is 2. The van der Waals surface area contributed by atoms with Crippen LogP contribution in [0.25, 0.3) is 0 Å². The highest BCUT2D eigenvalue weighted by atomic mass is 35.5. The molecule has 0 atom stereocenters. The van der Waals surface area contributed by atoms with Crippen molar-refractivity contribution in [3.8, 4) is 11.5 Å². The molecule has 2 aliphatic rings. The largest absolute Gasteiger partial charge is 0.454 e. The molecule has 0 saturated carbocycles. The average Bonchev–Trinajstić information content (AvgIpc) is 2.89. The van der Waals surface area contributed by atoms with Crippen molar-refractivity contribution in [2.24, 2.45) is 4.99 Å². The molecule has 0 aliphatic carbocycles. The summed E-state index contributed by atoms with van der Waals surface area (Å²) in [5.74, 6) is 2.05. The molecule has 7 nitrogen and oxygen atoms in total. The van der Waals surface area contributed by atoms with E-state index in [-0.39, 0.29) is 6.03 Å². The summed E-state index contributed by atoms with van der Waals surface area (Å²) in [5, 5.41) is 6.11. The number of ether oxygens (including phenoxy) is 2. The number of rotatable bonds is 3. The number of aliphatic imine (C=N–C) groups is 1. The lowest BCUT2D eigenvalue weighted by Crippen LogP contribution is -2.41. The zero-order valence-corrected chi connectivity index (χ0v) is 16.5. The normalized spacial score (nSPS) is 15.2. The summed E-state index contributed by atoms with van der Waals surface area (Å²) in [6, 6.07) is 10.6. The van der Waals surface area contributed by atoms with Gasteiger partial charge in [0.25, 0.3) is 0 Å². The lowest BCUT2D eigenvalue weighted by molar-refractivity contribution is 0.0683. The second-order valence-electron chi connectivity index (χ2n) is 6.58. The van der Waals surface area contributed by atoms with Crippen molar-refractivity contribution in [3.05, 3.63) is 59.6 Å². The third-order valence-electron chi connectivity index (χ3n) is 4.56. The van der Waals surface area contributed by atoms with E-state index >= 15 is 0 Å². The second kappa shape index (κ2) is 8.55. The fourth-order valence-corrected chi connectivity index (χ4v) is 3.35. The lowest BCUT2D eigenvalue weighted by Gasteiger charge is -2.30. The Morgan fingerprint density at radius 3 is 2.79 bits per heavy atom. The van der Waals surface area contributed by atoms with Crippen LogP contribution in [-0.4, -0.2) is 49.6 Å². The van der Waals surface area contributed by atoms with Crippen LogP contribution in [-0.2, 0) is 4.74 Å². The molecule has 4 rings (SSSR count). The van der Waals surface area contributed by atoms with Crippen LogP contribution in [0.4, 0.5) is 16.2 Å². The number of halogens is 1. The summed E-state index contributed by atoms with van der Waals surface area (Å²) in [7, 11) is 0. The van der Waals surface area contributed by atoms with Gasteiger partial charge in [0.1, 0.15) is 17.3 Å². The molecule has 2 N–H and O–H groups in total. The Bertz CT molecular complexity index is 970. The van der Waals surface area contributed by atoms with E-state index in [1.165, 1.54) is 0 Å². The number of hydrogen-bond acceptors (Lipinski definition) is 5. The lowest BCUT2D eigenvalue weighted by atomic mass is 10.1. The molecule has 29 heavy (non-hydrogen) atoms. The summed E-state index contributed by atoms with van der Waals surface area (Å²) in [6.07, 6.45) is 1.62. The van der Waals surface area contributed by atoms with Gasteiger partial charge < -0.3 is 25.0 Å². The first-order valence-electron chi connectivity index (χ1n) is 9.33. The van der Waals surface area contributed by atoms with Gasteiger partial charge in [0.05, 0.1) is 18.8 Å². The Kier molecular flexibility index (Phi) is 5.69. The molecule has 2 amide bonds. The Balaban J connectivity index is 1.74. The highest BCUT2D eigenvalue weighted by Gasteiger charge is 2.25. The van der Waals surface area contributed by atoms with E-state index in [1.807, 2.05) is 18.2 Å². The number of anilines is 1. The van der Waals surface area contributed by atoms with E-state index in [0.717, 1.165) is 11.4 Å². The first-order chi connectivity index (χ1) is 14.1. The minimum absolute atomic E-state index is 0.306. The zero-order chi connectivity index (χ0) is 20.2. The van der Waals surface area contributed by atoms with Crippen LogP contribution < -0.4 is 15.4 Å². The molecule has 1 fully saturated rings. The molecule has 150 valence electrons. The van der Waals surface area contributed by atoms with Crippen LogP contribution >= 0.6 is 11.6 Å². The highest BCUT2D eigenvalue weighted by Crippen LogP contribution is 2.40. The van der Waals surface area contributed by atoms with Gasteiger partial charge in [-0.05, 0) is 36.4 Å². The minimum atomic E-state index is -0.306. The van der Waals surface area contributed by atoms with Crippen LogP contribution in [0.1, 0.15) is 5.56 Å². The Hall–Kier alpha value is -3.03. The monoisotopic (exact) mass is 412 g/mol. The van der Waals surface area contributed by atoms with Gasteiger partial charge in [-0.25, -0.2) is 9.79 Å². The van der Waals surface area contributed by atoms with Gasteiger partial charge in [-0.1, -0.05) is 17.7 Å². The number of amidine groups is 1. The van der Waals surface area contributed by atoms with E-state index in [2.05, 4.69) is 22.1 Å². The average molecular weight is 413 g/mol. The first-order valence-corrected chi connectivity index (χ1v) is 9.71. The third kappa shape index (κ3) is 4.36. The molecular formula is C21H21ClN4O3. The number of carbonyl (C=O) groups excluding carboxylic acids is 1. The standard InChI is InChI=1S/C21H21ClN4O3/c1-2-7-23-21(27)24-15-4-6-18-16(13-15)20(26-8-10-28-11-9-26)25-17-12-14(22)3-5-19(17)29-18/h2-6,12-13H,1,7-11H2,(H2,23,24,27). The summed E-state index contributed by atoms with van der Waals surface area (Å²) in [5.41, 5.74) is 2.09. The predicted octanol–water partition coefficient (Wildman–Crippen LogP) is 4.16. The molecule has 8 heteroatoms. The fraction of sp³-hybridized carbons (Fsp3) is 0.238. The molecular weight excluding hydrogens is 392 g/mol. The number of carbonyl (C=O) groups is 1. The second-order valence-corrected chi connectivity index (χ2v) is 7.02. The number of nitrogens with zero attached hydrogens (tertiary/aromatic N) is 2. The van der Waals surface area contributed by atoms with Gasteiger partial charge in [0, 0.05) is 30.3 Å². The Labute approximate surface area is 174 Å². The quantitative estimate of drug-likeness (QED) is 0.742. The summed E-state index contributed by atoms with van der Waals surface area (Å²) < 4.78 is 11.6. The summed E-state index contributed by atoms with van der Waals surface area (Å²) >= 11 is 6.18. The van der Waals surface area contributed by atoms with Crippen molar-refractivity contribution in [1.82, 2.24) is 10.2 Å². The third-order valence-corrected chi connectivity index (χ3v) is 4.80. The maximum atomic E-state index is 12.0. The topological polar surface area (TPSA) is 75.2 Å². The van der Waals surface area contributed by atoms with Gasteiger partial charge in [-0.15, -0.1) is 6.58 Å². The van der Waals surface area contributed by atoms with Crippen LogP contribution in [0.5, 0.6) is 11.5 Å². The smallest absolute Gasteiger partial charge is 0.319 e. The first kappa shape index (κ1) is 19.3. The van der Waals surface area contributed by atoms with Crippen LogP contribution in [0.2, 0.25) is 5.02 Å². The van der Waals surface area contributed by atoms with Gasteiger partial charge in [0.2, 0.25) is 0 Å². The van der Waals surface area contributed by atoms with E-state index in [9.17, 15) is 4.79 Å². The SMILES string of the molecule is C=CCNC(=O)Nc1ccc2c(c1)C(N1CCOCC1)=Nc1cc(Cl)ccc1O2. The number of amides is 2. The summed E-state index contributed by atoms with van der Waals surface area (Å²) in [4.78, 5) is 19.1. The Morgan fingerprint density at radius 2 is 2.00 bits per heavy atom. The fourth-order valence-electron chi connectivity index (χ4n) is 3.18. The van der Waals surface area contributed by atoms with Crippen molar-refractivity contribution in [1.29, 1.82) is 0 Å². The van der Waals surface area contributed by atoms with Crippen LogP contribution in [0.15, 0.2) is 54.0 Å². The minimum Gasteiger partial charge on any atom is -0.454 e. The molecule has 2 aliphatic heterocycles. The van der Waals surface area contributed by atoms with E-state index in [0.29, 0.717) is 60.7 Å². The van der Waals surface area contributed by atoms with Gasteiger partial charge in [-0.2, -0.15) is 0 Å². The van der Waals surface area contributed by atoms with Crippen LogP contribution in [0, 0.1) is 0 Å². The molecule has 0 unspecified atom stereocenters. The maximum Gasteiger partial charge on any atom is 0.319 e. The number of hydrogen-bond donors (Lipinski definition) is 2. The van der Waals surface area contributed by atoms with Gasteiger partial charge >= 0.3 is 6.03 Å². The van der Waals surface area contributed by atoms with E-state index in [1.54, 1.807) is 24.3 Å². The Morgan fingerprint density at radius 1 is 1.21 bits per heavy atom. The van der Waals surface area contributed by atoms with Gasteiger partial charge in [-0.3, -0.25) is 0 Å².